The van der Waals surface area contributed by atoms with Gasteiger partial charge in [-0.25, -0.2) is 4.39 Å². The molecule has 0 aliphatic carbocycles. The molecule has 0 heterocycles. The zero-order valence-corrected chi connectivity index (χ0v) is 16.3. The molecule has 0 amide bonds. The van der Waals surface area contributed by atoms with E-state index in [1.54, 1.807) is 13.0 Å². The summed E-state index contributed by atoms with van der Waals surface area (Å²) in [6.07, 6.45) is 0. The summed E-state index contributed by atoms with van der Waals surface area (Å²) in [5, 5.41) is 23.1. The monoisotopic (exact) mass is 342 g/mol. The fourth-order valence-corrected chi connectivity index (χ4v) is 3.78. The standard InChI is InChI=1S/C20H21FO2.C2H6/c1-8-7-14(22)11(4)16-12(5)17-13(6)20(23)10(3)9(2)18(17)19(21)15(8)16;1-2/h7,22-23H,1-6H3;1-2H3. The van der Waals surface area contributed by atoms with E-state index in [4.69, 9.17) is 0 Å². The van der Waals surface area contributed by atoms with Crippen molar-refractivity contribution in [2.75, 3.05) is 0 Å². The van der Waals surface area contributed by atoms with Gasteiger partial charge in [-0.1, -0.05) is 13.8 Å². The normalized spacial score (nSPS) is 10.9. The van der Waals surface area contributed by atoms with E-state index in [1.807, 2.05) is 48.5 Å². The van der Waals surface area contributed by atoms with Crippen LogP contribution in [0.4, 0.5) is 4.39 Å². The Morgan fingerprint density at radius 1 is 0.640 bits per heavy atom. The number of fused-ring (bicyclic) bond motifs is 2. The predicted molar refractivity (Wildman–Crippen MR) is 105 cm³/mol. The average Bonchev–Trinajstić information content (AvgIpc) is 2.59. The van der Waals surface area contributed by atoms with Crippen LogP contribution in [0.1, 0.15) is 47.2 Å². The van der Waals surface area contributed by atoms with Crippen molar-refractivity contribution in [2.45, 2.75) is 55.4 Å². The van der Waals surface area contributed by atoms with Crippen LogP contribution in [-0.2, 0) is 0 Å². The summed E-state index contributed by atoms with van der Waals surface area (Å²) < 4.78 is 15.4. The summed E-state index contributed by atoms with van der Waals surface area (Å²) in [6.45, 7) is 15.0. The van der Waals surface area contributed by atoms with Crippen molar-refractivity contribution in [2.24, 2.45) is 0 Å². The van der Waals surface area contributed by atoms with Crippen LogP contribution in [0.25, 0.3) is 21.5 Å². The number of hydrogen-bond acceptors (Lipinski definition) is 2. The second-order valence-electron chi connectivity index (χ2n) is 6.50. The number of benzene rings is 3. The molecule has 0 fully saturated rings. The molecular formula is C22H27FO2. The molecule has 0 saturated heterocycles. The molecule has 0 unspecified atom stereocenters. The van der Waals surface area contributed by atoms with Crippen molar-refractivity contribution in [1.29, 1.82) is 0 Å². The summed E-state index contributed by atoms with van der Waals surface area (Å²) in [7, 11) is 0. The molecule has 3 heteroatoms. The molecule has 0 saturated carbocycles. The minimum atomic E-state index is -0.273. The Hall–Kier alpha value is -2.29. The average molecular weight is 342 g/mol. The Balaban J connectivity index is 0.00000109. The van der Waals surface area contributed by atoms with Crippen LogP contribution in [0, 0.1) is 47.4 Å². The molecule has 3 rings (SSSR count). The Labute approximate surface area is 148 Å². The fraction of sp³-hybridized carbons (Fsp3) is 0.364. The highest BCUT2D eigenvalue weighted by Crippen LogP contribution is 2.43. The van der Waals surface area contributed by atoms with Gasteiger partial charge in [-0.05, 0) is 91.8 Å². The summed E-state index contributed by atoms with van der Waals surface area (Å²) >= 11 is 0. The molecule has 0 bridgehead atoms. The van der Waals surface area contributed by atoms with Gasteiger partial charge in [-0.2, -0.15) is 0 Å². The second kappa shape index (κ2) is 6.55. The molecule has 0 atom stereocenters. The maximum absolute atomic E-state index is 15.4. The molecule has 3 aromatic rings. The second-order valence-corrected chi connectivity index (χ2v) is 6.50. The minimum absolute atomic E-state index is 0.169. The summed E-state index contributed by atoms with van der Waals surface area (Å²) in [5.74, 6) is 0.110. The van der Waals surface area contributed by atoms with E-state index >= 15 is 4.39 Å². The van der Waals surface area contributed by atoms with E-state index in [0.717, 1.165) is 21.9 Å². The van der Waals surface area contributed by atoms with E-state index in [0.29, 0.717) is 33.0 Å². The van der Waals surface area contributed by atoms with Gasteiger partial charge in [0, 0.05) is 10.8 Å². The van der Waals surface area contributed by atoms with Gasteiger partial charge in [-0.15, -0.1) is 0 Å². The van der Waals surface area contributed by atoms with Crippen LogP contribution in [0.3, 0.4) is 0 Å². The van der Waals surface area contributed by atoms with E-state index in [2.05, 4.69) is 0 Å². The highest BCUT2D eigenvalue weighted by molar-refractivity contribution is 6.09. The lowest BCUT2D eigenvalue weighted by Crippen LogP contribution is -1.99. The number of aryl methyl sites for hydroxylation is 5. The lowest BCUT2D eigenvalue weighted by Gasteiger charge is -2.20. The predicted octanol–water partition coefficient (Wildman–Crippen LogP) is 6.42. The Morgan fingerprint density at radius 3 is 1.72 bits per heavy atom. The van der Waals surface area contributed by atoms with E-state index in [9.17, 15) is 10.2 Å². The first kappa shape index (κ1) is 19.0. The molecule has 3 aromatic carbocycles. The number of hydrogen-bond donors (Lipinski definition) is 2. The third-order valence-corrected chi connectivity index (χ3v) is 5.22. The largest absolute Gasteiger partial charge is 0.508 e. The Morgan fingerprint density at radius 2 is 1.16 bits per heavy atom. The van der Waals surface area contributed by atoms with Gasteiger partial charge in [0.05, 0.1) is 0 Å². The third kappa shape index (κ3) is 2.53. The van der Waals surface area contributed by atoms with Gasteiger partial charge in [-0.3, -0.25) is 0 Å². The van der Waals surface area contributed by atoms with Gasteiger partial charge in [0.2, 0.25) is 0 Å². The van der Waals surface area contributed by atoms with Gasteiger partial charge >= 0.3 is 0 Å². The first-order chi connectivity index (χ1) is 11.7. The summed E-state index contributed by atoms with van der Waals surface area (Å²) in [4.78, 5) is 0. The zero-order valence-electron chi connectivity index (χ0n) is 16.3. The van der Waals surface area contributed by atoms with Crippen LogP contribution in [0.15, 0.2) is 6.07 Å². The Kier molecular flexibility index (Phi) is 4.99. The molecule has 0 spiro atoms. The lowest BCUT2D eigenvalue weighted by atomic mass is 9.86. The first-order valence-corrected chi connectivity index (χ1v) is 8.71. The van der Waals surface area contributed by atoms with Crippen LogP contribution in [0.2, 0.25) is 0 Å². The maximum atomic E-state index is 15.4. The number of aromatic hydroxyl groups is 2. The van der Waals surface area contributed by atoms with Gasteiger partial charge < -0.3 is 10.2 Å². The van der Waals surface area contributed by atoms with Gasteiger partial charge in [0.15, 0.2) is 0 Å². The number of phenolic OH excluding ortho intramolecular Hbond substituents is 2. The number of halogens is 1. The number of rotatable bonds is 0. The molecule has 2 nitrogen and oxygen atoms in total. The van der Waals surface area contributed by atoms with Crippen molar-refractivity contribution in [1.82, 2.24) is 0 Å². The van der Waals surface area contributed by atoms with Crippen LogP contribution in [0.5, 0.6) is 11.5 Å². The van der Waals surface area contributed by atoms with Crippen LogP contribution < -0.4 is 0 Å². The van der Waals surface area contributed by atoms with Crippen molar-refractivity contribution in [3.05, 3.63) is 45.3 Å². The molecule has 25 heavy (non-hydrogen) atoms. The smallest absolute Gasteiger partial charge is 0.139 e. The topological polar surface area (TPSA) is 40.5 Å². The fourth-order valence-electron chi connectivity index (χ4n) is 3.78. The highest BCUT2D eigenvalue weighted by atomic mass is 19.1. The summed E-state index contributed by atoms with van der Waals surface area (Å²) in [5.41, 5.74) is 4.43. The first-order valence-electron chi connectivity index (χ1n) is 8.71. The van der Waals surface area contributed by atoms with Crippen molar-refractivity contribution in [3.8, 4) is 11.5 Å². The van der Waals surface area contributed by atoms with E-state index in [1.165, 1.54) is 0 Å². The molecule has 134 valence electrons. The van der Waals surface area contributed by atoms with Gasteiger partial charge in [0.1, 0.15) is 17.3 Å². The van der Waals surface area contributed by atoms with Crippen molar-refractivity contribution >= 4 is 21.5 Å². The molecule has 0 radical (unpaired) electrons. The third-order valence-electron chi connectivity index (χ3n) is 5.22. The van der Waals surface area contributed by atoms with E-state index < -0.39 is 0 Å². The quantitative estimate of drug-likeness (QED) is 0.463. The maximum Gasteiger partial charge on any atom is 0.139 e. The zero-order chi connectivity index (χ0) is 19.2. The van der Waals surface area contributed by atoms with Crippen molar-refractivity contribution in [3.63, 3.8) is 0 Å². The Bertz CT molecular complexity index is 1000. The molecular weight excluding hydrogens is 315 g/mol. The summed E-state index contributed by atoms with van der Waals surface area (Å²) in [6, 6.07) is 1.61. The molecule has 0 aliphatic heterocycles. The molecule has 0 aliphatic rings. The highest BCUT2D eigenvalue weighted by Gasteiger charge is 2.22. The van der Waals surface area contributed by atoms with Crippen molar-refractivity contribution < 1.29 is 14.6 Å². The number of phenols is 2. The lowest BCUT2D eigenvalue weighted by molar-refractivity contribution is 0.467. The SMILES string of the molecule is CC.Cc1c(O)c(C)c2c(C)c3c(C)c(O)cc(C)c3c(F)c2c1C. The molecule has 2 N–H and O–H groups in total. The van der Waals surface area contributed by atoms with Crippen LogP contribution in [-0.4, -0.2) is 10.2 Å². The minimum Gasteiger partial charge on any atom is -0.508 e. The van der Waals surface area contributed by atoms with Gasteiger partial charge in [0.25, 0.3) is 0 Å². The molecule has 0 aromatic heterocycles. The van der Waals surface area contributed by atoms with E-state index in [-0.39, 0.29) is 17.3 Å². The van der Waals surface area contributed by atoms with Crippen LogP contribution >= 0.6 is 0 Å².